The van der Waals surface area contributed by atoms with Crippen LogP contribution in [-0.2, 0) is 0 Å². The predicted octanol–water partition coefficient (Wildman–Crippen LogP) is 2.56. The number of nitrogens with one attached hydrogen (secondary N) is 2. The number of H-pyrrole nitrogens is 1. The summed E-state index contributed by atoms with van der Waals surface area (Å²) in [5, 5.41) is 2.74. The molecular weight excluding hydrogens is 318 g/mol. The number of pyridine rings is 1. The van der Waals surface area contributed by atoms with Gasteiger partial charge in [-0.3, -0.25) is 14.4 Å². The first kappa shape index (κ1) is 17.0. The molecule has 1 fully saturated rings. The van der Waals surface area contributed by atoms with Crippen molar-refractivity contribution in [2.24, 2.45) is 0 Å². The van der Waals surface area contributed by atoms with E-state index in [1.165, 1.54) is 6.20 Å². The van der Waals surface area contributed by atoms with Gasteiger partial charge in [0.1, 0.15) is 0 Å². The zero-order chi connectivity index (χ0) is 17.8. The molecule has 0 aliphatic carbocycles. The number of nitrogens with zero attached hydrogens (tertiary/aromatic N) is 1. The molecule has 0 unspecified atom stereocenters. The lowest BCUT2D eigenvalue weighted by Crippen LogP contribution is -2.35. The number of rotatable bonds is 3. The predicted molar refractivity (Wildman–Crippen MR) is 95.9 cm³/mol. The number of piperidine rings is 1. The summed E-state index contributed by atoms with van der Waals surface area (Å²) in [5.41, 5.74) is 1.77. The second-order valence-corrected chi connectivity index (χ2v) is 6.29. The average molecular weight is 339 g/mol. The van der Waals surface area contributed by atoms with Crippen molar-refractivity contribution < 1.29 is 9.59 Å². The molecular formula is C19H21N3O3. The Morgan fingerprint density at radius 2 is 1.80 bits per heavy atom. The Hall–Kier alpha value is -2.89. The van der Waals surface area contributed by atoms with Crippen LogP contribution in [0.5, 0.6) is 0 Å². The molecule has 130 valence electrons. The number of carbonyl (C=O) groups excluding carboxylic acids is 2. The lowest BCUT2D eigenvalue weighted by molar-refractivity contribution is 0.0724. The summed E-state index contributed by atoms with van der Waals surface area (Å²) in [5.74, 6) is -0.353. The maximum absolute atomic E-state index is 12.6. The van der Waals surface area contributed by atoms with E-state index < -0.39 is 0 Å². The van der Waals surface area contributed by atoms with E-state index >= 15 is 0 Å². The fraction of sp³-hybridized carbons (Fsp3) is 0.316. The molecule has 1 saturated heterocycles. The van der Waals surface area contributed by atoms with E-state index in [1.54, 1.807) is 37.3 Å². The average Bonchev–Trinajstić information content (AvgIpc) is 2.65. The van der Waals surface area contributed by atoms with Crippen molar-refractivity contribution in [3.05, 3.63) is 63.6 Å². The first-order valence-corrected chi connectivity index (χ1v) is 8.44. The summed E-state index contributed by atoms with van der Waals surface area (Å²) in [6, 6.07) is 8.34. The molecule has 0 bridgehead atoms. The van der Waals surface area contributed by atoms with Crippen LogP contribution in [0.3, 0.4) is 0 Å². The number of carbonyl (C=O) groups is 2. The van der Waals surface area contributed by atoms with Crippen molar-refractivity contribution in [2.45, 2.75) is 26.2 Å². The summed E-state index contributed by atoms with van der Waals surface area (Å²) in [7, 11) is 0. The fourth-order valence-corrected chi connectivity index (χ4v) is 2.95. The molecule has 25 heavy (non-hydrogen) atoms. The van der Waals surface area contributed by atoms with Gasteiger partial charge in [0.15, 0.2) is 0 Å². The van der Waals surface area contributed by atoms with Crippen molar-refractivity contribution in [1.82, 2.24) is 9.88 Å². The topological polar surface area (TPSA) is 82.3 Å². The van der Waals surface area contributed by atoms with Gasteiger partial charge in [0, 0.05) is 36.0 Å². The molecule has 0 saturated carbocycles. The highest BCUT2D eigenvalue weighted by Crippen LogP contribution is 2.15. The number of hydrogen-bond donors (Lipinski definition) is 2. The number of aromatic amines is 1. The molecule has 1 aliphatic heterocycles. The Labute approximate surface area is 145 Å². The van der Waals surface area contributed by atoms with Gasteiger partial charge in [-0.2, -0.15) is 0 Å². The quantitative estimate of drug-likeness (QED) is 0.901. The summed E-state index contributed by atoms with van der Waals surface area (Å²) in [6.45, 7) is 3.21. The van der Waals surface area contributed by atoms with Gasteiger partial charge in [0.05, 0.1) is 5.69 Å². The maximum Gasteiger partial charge on any atom is 0.255 e. The third kappa shape index (κ3) is 3.96. The Bertz CT molecular complexity index is 851. The fourth-order valence-electron chi connectivity index (χ4n) is 2.95. The molecule has 2 aromatic rings. The van der Waals surface area contributed by atoms with Crippen molar-refractivity contribution in [1.29, 1.82) is 0 Å². The smallest absolute Gasteiger partial charge is 0.255 e. The van der Waals surface area contributed by atoms with Crippen molar-refractivity contribution in [3.8, 4) is 0 Å². The van der Waals surface area contributed by atoms with Gasteiger partial charge in [-0.05, 0) is 50.5 Å². The number of likely N-dealkylation sites (tertiary alicyclic amines) is 1. The molecule has 3 rings (SSSR count). The molecule has 2 N–H and O–H groups in total. The van der Waals surface area contributed by atoms with Gasteiger partial charge in [-0.25, -0.2) is 0 Å². The zero-order valence-corrected chi connectivity index (χ0v) is 14.2. The van der Waals surface area contributed by atoms with Gasteiger partial charge < -0.3 is 15.2 Å². The minimum atomic E-state index is -0.320. The molecule has 1 aromatic carbocycles. The van der Waals surface area contributed by atoms with E-state index in [2.05, 4.69) is 10.3 Å². The molecule has 6 heteroatoms. The van der Waals surface area contributed by atoms with Crippen molar-refractivity contribution in [3.63, 3.8) is 0 Å². The highest BCUT2D eigenvalue weighted by molar-refractivity contribution is 6.06. The Morgan fingerprint density at radius 1 is 1.08 bits per heavy atom. The Balaban J connectivity index is 1.75. The number of benzene rings is 1. The monoisotopic (exact) mass is 339 g/mol. The van der Waals surface area contributed by atoms with Crippen LogP contribution in [0.1, 0.15) is 45.5 Å². The summed E-state index contributed by atoms with van der Waals surface area (Å²) in [4.78, 5) is 40.8. The third-order valence-electron chi connectivity index (χ3n) is 4.36. The second-order valence-electron chi connectivity index (χ2n) is 6.29. The van der Waals surface area contributed by atoms with E-state index in [0.717, 1.165) is 32.4 Å². The maximum atomic E-state index is 12.6. The molecule has 0 spiro atoms. The molecule has 0 radical (unpaired) electrons. The minimum Gasteiger partial charge on any atom is -0.339 e. The van der Waals surface area contributed by atoms with Gasteiger partial charge in [0.25, 0.3) is 17.4 Å². The highest BCUT2D eigenvalue weighted by atomic mass is 16.2. The van der Waals surface area contributed by atoms with Crippen LogP contribution in [0.4, 0.5) is 5.69 Å². The second kappa shape index (κ2) is 7.34. The number of amides is 2. The van der Waals surface area contributed by atoms with E-state index in [0.29, 0.717) is 22.4 Å². The Kier molecular flexibility index (Phi) is 4.97. The number of anilines is 1. The lowest BCUT2D eigenvalue weighted by atomic mass is 10.1. The molecule has 1 aliphatic rings. The van der Waals surface area contributed by atoms with Crippen LogP contribution in [0, 0.1) is 6.92 Å². The van der Waals surface area contributed by atoms with Crippen LogP contribution in [0.2, 0.25) is 0 Å². The number of aryl methyl sites for hydroxylation is 1. The largest absolute Gasteiger partial charge is 0.339 e. The van der Waals surface area contributed by atoms with Crippen LogP contribution < -0.4 is 10.9 Å². The third-order valence-corrected chi connectivity index (χ3v) is 4.36. The molecule has 0 atom stereocenters. The zero-order valence-electron chi connectivity index (χ0n) is 14.2. The van der Waals surface area contributed by atoms with Gasteiger partial charge in [-0.15, -0.1) is 0 Å². The van der Waals surface area contributed by atoms with E-state index in [4.69, 9.17) is 0 Å². The highest BCUT2D eigenvalue weighted by Gasteiger charge is 2.19. The van der Waals surface area contributed by atoms with Crippen LogP contribution in [-0.4, -0.2) is 34.8 Å². The number of aromatic nitrogens is 1. The summed E-state index contributed by atoms with van der Waals surface area (Å²) in [6.07, 6.45) is 4.66. The van der Waals surface area contributed by atoms with Crippen LogP contribution in [0.15, 0.2) is 41.3 Å². The SMILES string of the molecule is Cc1cc(NC(=O)c2cccc(C(=O)N3CCCCC3)c2)c[nH]c1=O. The van der Waals surface area contributed by atoms with Crippen LogP contribution >= 0.6 is 0 Å². The van der Waals surface area contributed by atoms with Gasteiger partial charge in [-0.1, -0.05) is 6.07 Å². The first-order valence-electron chi connectivity index (χ1n) is 8.44. The van der Waals surface area contributed by atoms with Gasteiger partial charge >= 0.3 is 0 Å². The molecule has 2 amide bonds. The molecule has 1 aromatic heterocycles. The number of hydrogen-bond acceptors (Lipinski definition) is 3. The van der Waals surface area contributed by atoms with E-state index in [9.17, 15) is 14.4 Å². The first-order chi connectivity index (χ1) is 12.0. The summed E-state index contributed by atoms with van der Waals surface area (Å²) < 4.78 is 0. The van der Waals surface area contributed by atoms with E-state index in [-0.39, 0.29) is 17.4 Å². The minimum absolute atomic E-state index is 0.0331. The molecule has 6 nitrogen and oxygen atoms in total. The van der Waals surface area contributed by atoms with Crippen molar-refractivity contribution >= 4 is 17.5 Å². The Morgan fingerprint density at radius 3 is 2.52 bits per heavy atom. The summed E-state index contributed by atoms with van der Waals surface area (Å²) >= 11 is 0. The van der Waals surface area contributed by atoms with Gasteiger partial charge in [0.2, 0.25) is 0 Å². The lowest BCUT2D eigenvalue weighted by Gasteiger charge is -2.26. The van der Waals surface area contributed by atoms with Crippen molar-refractivity contribution in [2.75, 3.05) is 18.4 Å². The van der Waals surface area contributed by atoms with Crippen LogP contribution in [0.25, 0.3) is 0 Å². The normalized spacial score (nSPS) is 14.2. The standard InChI is InChI=1S/C19H21N3O3/c1-13-10-16(12-20-17(13)23)21-18(24)14-6-5-7-15(11-14)19(25)22-8-3-2-4-9-22/h5-7,10-12H,2-4,8-9H2,1H3,(H,20,23)(H,21,24). The van der Waals surface area contributed by atoms with E-state index in [1.807, 2.05) is 4.90 Å². The molecule has 2 heterocycles.